The van der Waals surface area contributed by atoms with E-state index in [1.54, 1.807) is 0 Å². The summed E-state index contributed by atoms with van der Waals surface area (Å²) in [7, 11) is 0. The Kier molecular flexibility index (Phi) is 4.22. The molecule has 3 heterocycles. The predicted molar refractivity (Wildman–Crippen MR) is 109 cm³/mol. The van der Waals surface area contributed by atoms with Gasteiger partial charge in [-0.2, -0.15) is 0 Å². The van der Waals surface area contributed by atoms with Crippen molar-refractivity contribution in [2.24, 2.45) is 0 Å². The van der Waals surface area contributed by atoms with Crippen molar-refractivity contribution in [3.8, 4) is 11.4 Å². The molecule has 0 bridgehead atoms. The molecule has 1 saturated heterocycles. The first-order valence-corrected chi connectivity index (χ1v) is 11.1. The van der Waals surface area contributed by atoms with Crippen LogP contribution in [-0.2, 0) is 51.1 Å². The van der Waals surface area contributed by atoms with Crippen molar-refractivity contribution in [3.05, 3.63) is 45.8 Å². The molecule has 6 rings (SSSR count). The van der Waals surface area contributed by atoms with Gasteiger partial charge in [-0.1, -0.05) is 12.1 Å². The van der Waals surface area contributed by atoms with E-state index >= 15 is 0 Å². The number of aromatic nitrogens is 2. The second-order valence-electron chi connectivity index (χ2n) is 8.92. The Morgan fingerprint density at radius 1 is 1.00 bits per heavy atom. The summed E-state index contributed by atoms with van der Waals surface area (Å²) >= 11 is 0. The van der Waals surface area contributed by atoms with Gasteiger partial charge < -0.3 is 14.2 Å². The molecule has 30 heavy (non-hydrogen) atoms. The fourth-order valence-corrected chi connectivity index (χ4v) is 5.53. The molecule has 3 aliphatic carbocycles. The molecule has 6 heteroatoms. The highest BCUT2D eigenvalue weighted by Gasteiger charge is 2.41. The number of pyridine rings is 2. The summed E-state index contributed by atoms with van der Waals surface area (Å²) in [6.45, 7) is 2.83. The molecule has 1 fully saturated rings. The summed E-state index contributed by atoms with van der Waals surface area (Å²) in [5, 5.41) is 0. The second kappa shape index (κ2) is 6.86. The van der Waals surface area contributed by atoms with Gasteiger partial charge in [0.25, 0.3) is 0 Å². The van der Waals surface area contributed by atoms with Crippen LogP contribution in [0.1, 0.15) is 65.9 Å². The lowest BCUT2D eigenvalue weighted by Crippen LogP contribution is -2.37. The molecule has 4 aliphatic rings. The fourth-order valence-electron chi connectivity index (χ4n) is 5.53. The van der Waals surface area contributed by atoms with Crippen molar-refractivity contribution in [1.29, 1.82) is 0 Å². The van der Waals surface area contributed by atoms with Gasteiger partial charge in [0.15, 0.2) is 5.79 Å². The summed E-state index contributed by atoms with van der Waals surface area (Å²) in [5.41, 5.74) is 9.05. The normalized spacial score (nSPS) is 23.3. The highest BCUT2D eigenvalue weighted by molar-refractivity contribution is 5.69. The molecule has 156 valence electrons. The third kappa shape index (κ3) is 2.96. The third-order valence-corrected chi connectivity index (χ3v) is 6.91. The van der Waals surface area contributed by atoms with Gasteiger partial charge >= 0.3 is 5.97 Å². The Bertz CT molecular complexity index is 1040. The monoisotopic (exact) mass is 406 g/mol. The Morgan fingerprint density at radius 2 is 1.73 bits per heavy atom. The minimum atomic E-state index is -0.440. The van der Waals surface area contributed by atoms with Crippen molar-refractivity contribution >= 4 is 5.97 Å². The second-order valence-corrected chi connectivity index (χ2v) is 8.92. The average molecular weight is 406 g/mol. The zero-order valence-electron chi connectivity index (χ0n) is 17.3. The Hall–Kier alpha value is -2.31. The molecule has 0 saturated carbocycles. The van der Waals surface area contributed by atoms with Crippen molar-refractivity contribution in [3.63, 3.8) is 0 Å². The standard InChI is InChI=1S/C24H26N2O4/c1-14(27)30-20-4-2-3-15-11-16-5-6-17-12-18-13-24(28-9-10-29-24)8-7-19(18)25-22(17)23(16)26-21(15)20/h11-12,20H,2-10,13H2,1H3. The van der Waals surface area contributed by atoms with Gasteiger partial charge in [0.1, 0.15) is 6.10 Å². The van der Waals surface area contributed by atoms with Crippen molar-refractivity contribution in [2.45, 2.75) is 70.2 Å². The maximum atomic E-state index is 11.6. The van der Waals surface area contributed by atoms with Crippen LogP contribution in [0.25, 0.3) is 11.4 Å². The third-order valence-electron chi connectivity index (χ3n) is 6.91. The van der Waals surface area contributed by atoms with Crippen molar-refractivity contribution in [1.82, 2.24) is 9.97 Å². The molecule has 0 amide bonds. The first-order chi connectivity index (χ1) is 14.6. The first-order valence-electron chi connectivity index (χ1n) is 11.1. The highest BCUT2D eigenvalue weighted by atomic mass is 16.7. The number of carbonyl (C=O) groups excluding carboxylic acids is 1. The Labute approximate surface area is 176 Å². The highest BCUT2D eigenvalue weighted by Crippen LogP contribution is 2.41. The minimum absolute atomic E-state index is 0.240. The van der Waals surface area contributed by atoms with Gasteiger partial charge in [-0.15, -0.1) is 0 Å². The van der Waals surface area contributed by atoms with E-state index in [0.29, 0.717) is 13.2 Å². The number of fused-ring (bicyclic) bond motifs is 5. The van der Waals surface area contributed by atoms with Gasteiger partial charge in [0, 0.05) is 25.5 Å². The first kappa shape index (κ1) is 18.5. The number of rotatable bonds is 1. The number of nitrogens with zero attached hydrogens (tertiary/aromatic N) is 2. The molecule has 6 nitrogen and oxygen atoms in total. The van der Waals surface area contributed by atoms with E-state index in [9.17, 15) is 4.79 Å². The van der Waals surface area contributed by atoms with Crippen LogP contribution in [0.5, 0.6) is 0 Å². The van der Waals surface area contributed by atoms with E-state index in [0.717, 1.165) is 74.1 Å². The molecule has 1 unspecified atom stereocenters. The smallest absolute Gasteiger partial charge is 0.303 e. The van der Waals surface area contributed by atoms with E-state index in [1.165, 1.54) is 29.2 Å². The van der Waals surface area contributed by atoms with Crippen LogP contribution in [0.15, 0.2) is 12.1 Å². The fraction of sp³-hybridized carbons (Fsp3) is 0.542. The van der Waals surface area contributed by atoms with Crippen LogP contribution >= 0.6 is 0 Å². The van der Waals surface area contributed by atoms with Crippen LogP contribution in [0, 0.1) is 0 Å². The summed E-state index contributed by atoms with van der Waals surface area (Å²) in [6, 6.07) is 4.59. The van der Waals surface area contributed by atoms with Crippen molar-refractivity contribution in [2.75, 3.05) is 13.2 Å². The van der Waals surface area contributed by atoms with Crippen LogP contribution < -0.4 is 0 Å². The quantitative estimate of drug-likeness (QED) is 0.676. The molecule has 2 aromatic rings. The van der Waals surface area contributed by atoms with E-state index in [2.05, 4.69) is 12.1 Å². The number of carbonyl (C=O) groups is 1. The van der Waals surface area contributed by atoms with E-state index in [1.807, 2.05) is 0 Å². The van der Waals surface area contributed by atoms with E-state index < -0.39 is 5.79 Å². The Balaban J connectivity index is 1.41. The molecule has 2 aromatic heterocycles. The molecular weight excluding hydrogens is 380 g/mol. The maximum absolute atomic E-state index is 11.6. The zero-order valence-corrected chi connectivity index (χ0v) is 17.3. The van der Waals surface area contributed by atoms with Gasteiger partial charge in [-0.25, -0.2) is 4.98 Å². The lowest BCUT2D eigenvalue weighted by molar-refractivity contribution is -0.164. The van der Waals surface area contributed by atoms with Crippen LogP contribution in [0.2, 0.25) is 0 Å². The molecule has 1 atom stereocenters. The van der Waals surface area contributed by atoms with Crippen LogP contribution in [-0.4, -0.2) is 34.9 Å². The number of esters is 1. The summed E-state index contributed by atoms with van der Waals surface area (Å²) < 4.78 is 17.5. The van der Waals surface area contributed by atoms with E-state index in [-0.39, 0.29) is 12.1 Å². The van der Waals surface area contributed by atoms with Gasteiger partial charge in [0.2, 0.25) is 0 Å². The summed E-state index contributed by atoms with van der Waals surface area (Å²) in [4.78, 5) is 21.8. The molecule has 1 aliphatic heterocycles. The summed E-state index contributed by atoms with van der Waals surface area (Å²) in [5.74, 6) is -0.686. The Morgan fingerprint density at radius 3 is 2.50 bits per heavy atom. The van der Waals surface area contributed by atoms with Crippen molar-refractivity contribution < 1.29 is 19.0 Å². The maximum Gasteiger partial charge on any atom is 0.303 e. The lowest BCUT2D eigenvalue weighted by Gasteiger charge is -2.33. The van der Waals surface area contributed by atoms with Gasteiger partial charge in [0.05, 0.1) is 30.3 Å². The minimum Gasteiger partial charge on any atom is -0.456 e. The topological polar surface area (TPSA) is 70.5 Å². The molecule has 1 spiro atoms. The number of hydrogen-bond donors (Lipinski definition) is 0. The SMILES string of the molecule is CC(=O)OC1CCCc2cc3c(nc21)-c1nc2c(cc1CC3)CC1(CC2)OCCO1. The van der Waals surface area contributed by atoms with Gasteiger partial charge in [-0.3, -0.25) is 9.78 Å². The molecule has 0 N–H and O–H groups in total. The average Bonchev–Trinajstić information content (AvgIpc) is 3.18. The van der Waals surface area contributed by atoms with E-state index in [4.69, 9.17) is 24.2 Å². The van der Waals surface area contributed by atoms with Crippen LogP contribution in [0.4, 0.5) is 0 Å². The largest absolute Gasteiger partial charge is 0.456 e. The molecular formula is C24H26N2O4. The lowest BCUT2D eigenvalue weighted by atomic mass is 9.84. The summed E-state index contributed by atoms with van der Waals surface area (Å²) in [6.07, 6.45) is 7.07. The zero-order chi connectivity index (χ0) is 20.3. The number of ether oxygens (including phenoxy) is 3. The van der Waals surface area contributed by atoms with Crippen LogP contribution in [0.3, 0.4) is 0 Å². The number of hydrogen-bond acceptors (Lipinski definition) is 6. The number of aryl methyl sites for hydroxylation is 4. The molecule has 0 radical (unpaired) electrons. The van der Waals surface area contributed by atoms with Gasteiger partial charge in [-0.05, 0) is 60.8 Å². The predicted octanol–water partition coefficient (Wildman–Crippen LogP) is 3.41. The molecule has 0 aromatic carbocycles.